The van der Waals surface area contributed by atoms with Gasteiger partial charge in [-0.3, -0.25) is 9.78 Å². The summed E-state index contributed by atoms with van der Waals surface area (Å²) in [5, 5.41) is 2.65. The Balaban J connectivity index is 2.11. The van der Waals surface area contributed by atoms with E-state index in [1.54, 1.807) is 12.1 Å². The van der Waals surface area contributed by atoms with Crippen molar-refractivity contribution in [1.82, 2.24) is 4.98 Å². The molecule has 1 aromatic heterocycles. The average Bonchev–Trinajstić information content (AvgIpc) is 2.39. The van der Waals surface area contributed by atoms with Gasteiger partial charge in [0.05, 0.1) is 11.8 Å². The van der Waals surface area contributed by atoms with E-state index < -0.39 is 11.7 Å². The molecule has 0 atom stereocenters. The maximum atomic E-state index is 12.9. The van der Waals surface area contributed by atoms with Crippen LogP contribution in [0.1, 0.15) is 15.9 Å². The van der Waals surface area contributed by atoms with Gasteiger partial charge in [0.25, 0.3) is 5.91 Å². The Kier molecular flexibility index (Phi) is 3.89. The monoisotopic (exact) mass is 264 g/mol. The zero-order valence-corrected chi connectivity index (χ0v) is 10.1. The first kappa shape index (κ1) is 12.5. The van der Waals surface area contributed by atoms with Gasteiger partial charge in [0.2, 0.25) is 0 Å². The van der Waals surface area contributed by atoms with Gasteiger partial charge in [-0.1, -0.05) is 12.1 Å². The van der Waals surface area contributed by atoms with Crippen LogP contribution in [0.25, 0.3) is 0 Å². The highest BCUT2D eigenvalue weighted by Crippen LogP contribution is 2.12. The standard InChI is InChI=1S/C13H10ClFN2O/c14-6-9-1-3-12(4-2-9)17-13(18)10-5-11(15)8-16-7-10/h1-5,7-8H,6H2,(H,17,18). The normalized spacial score (nSPS) is 10.1. The van der Waals surface area contributed by atoms with Gasteiger partial charge < -0.3 is 5.32 Å². The fraction of sp³-hybridized carbons (Fsp3) is 0.0769. The van der Waals surface area contributed by atoms with E-state index in [-0.39, 0.29) is 5.56 Å². The van der Waals surface area contributed by atoms with Gasteiger partial charge in [0.1, 0.15) is 5.82 Å². The van der Waals surface area contributed by atoms with Gasteiger partial charge in [-0.25, -0.2) is 4.39 Å². The van der Waals surface area contributed by atoms with Crippen molar-refractivity contribution < 1.29 is 9.18 Å². The number of carbonyl (C=O) groups is 1. The zero-order valence-electron chi connectivity index (χ0n) is 9.36. The maximum Gasteiger partial charge on any atom is 0.257 e. The molecule has 0 saturated heterocycles. The number of benzene rings is 1. The molecule has 0 aliphatic heterocycles. The second kappa shape index (κ2) is 5.60. The number of amides is 1. The van der Waals surface area contributed by atoms with Crippen molar-refractivity contribution in [3.8, 4) is 0 Å². The number of alkyl halides is 1. The van der Waals surface area contributed by atoms with Gasteiger partial charge in [0.15, 0.2) is 0 Å². The Hall–Kier alpha value is -1.94. The van der Waals surface area contributed by atoms with Gasteiger partial charge in [0, 0.05) is 17.8 Å². The maximum absolute atomic E-state index is 12.9. The van der Waals surface area contributed by atoms with Crippen LogP contribution in [0.5, 0.6) is 0 Å². The molecule has 92 valence electrons. The van der Waals surface area contributed by atoms with Gasteiger partial charge in [-0.2, -0.15) is 0 Å². The van der Waals surface area contributed by atoms with E-state index in [0.717, 1.165) is 17.8 Å². The lowest BCUT2D eigenvalue weighted by Crippen LogP contribution is -2.12. The molecule has 0 fully saturated rings. The summed E-state index contributed by atoms with van der Waals surface area (Å²) in [5.74, 6) is -0.525. The Morgan fingerprint density at radius 3 is 2.61 bits per heavy atom. The predicted molar refractivity (Wildman–Crippen MR) is 68.1 cm³/mol. The SMILES string of the molecule is O=C(Nc1ccc(CCl)cc1)c1cncc(F)c1. The van der Waals surface area contributed by atoms with E-state index in [4.69, 9.17) is 11.6 Å². The summed E-state index contributed by atoms with van der Waals surface area (Å²) in [6.45, 7) is 0. The molecule has 1 N–H and O–H groups in total. The lowest BCUT2D eigenvalue weighted by atomic mass is 10.2. The topological polar surface area (TPSA) is 42.0 Å². The lowest BCUT2D eigenvalue weighted by Gasteiger charge is -2.05. The van der Waals surface area contributed by atoms with Crippen molar-refractivity contribution in [2.75, 3.05) is 5.32 Å². The summed E-state index contributed by atoms with van der Waals surface area (Å²) in [7, 11) is 0. The third kappa shape index (κ3) is 3.05. The van der Waals surface area contributed by atoms with Crippen LogP contribution < -0.4 is 5.32 Å². The van der Waals surface area contributed by atoms with Crippen LogP contribution in [-0.2, 0) is 5.88 Å². The minimum atomic E-state index is -0.542. The summed E-state index contributed by atoms with van der Waals surface area (Å²) in [4.78, 5) is 15.4. The van der Waals surface area contributed by atoms with Crippen LogP contribution in [0.15, 0.2) is 42.7 Å². The Labute approximate surface area is 109 Å². The average molecular weight is 265 g/mol. The molecule has 0 unspecified atom stereocenters. The fourth-order valence-electron chi connectivity index (χ4n) is 1.42. The molecule has 1 amide bonds. The number of halogens is 2. The smallest absolute Gasteiger partial charge is 0.257 e. The van der Waals surface area contributed by atoms with Crippen molar-refractivity contribution in [2.24, 2.45) is 0 Å². The highest BCUT2D eigenvalue weighted by Gasteiger charge is 2.07. The molecule has 0 aliphatic rings. The Morgan fingerprint density at radius 1 is 1.28 bits per heavy atom. The molecule has 0 aliphatic carbocycles. The first-order valence-electron chi connectivity index (χ1n) is 5.26. The number of nitrogens with one attached hydrogen (secondary N) is 1. The second-order valence-corrected chi connectivity index (χ2v) is 3.94. The molecule has 1 aromatic carbocycles. The van der Waals surface area contributed by atoms with Crippen LogP contribution in [-0.4, -0.2) is 10.9 Å². The van der Waals surface area contributed by atoms with Gasteiger partial charge in [-0.05, 0) is 23.8 Å². The van der Waals surface area contributed by atoms with Crippen molar-refractivity contribution in [3.05, 3.63) is 59.7 Å². The number of aromatic nitrogens is 1. The van der Waals surface area contributed by atoms with E-state index in [1.807, 2.05) is 12.1 Å². The van der Waals surface area contributed by atoms with Gasteiger partial charge >= 0.3 is 0 Å². The molecular formula is C13H10ClFN2O. The number of anilines is 1. The molecule has 0 radical (unpaired) electrons. The third-order valence-electron chi connectivity index (χ3n) is 2.33. The molecule has 1 heterocycles. The summed E-state index contributed by atoms with van der Waals surface area (Å²) in [6.07, 6.45) is 2.36. The van der Waals surface area contributed by atoms with Crippen molar-refractivity contribution in [2.45, 2.75) is 5.88 Å². The van der Waals surface area contributed by atoms with E-state index in [2.05, 4.69) is 10.3 Å². The molecular weight excluding hydrogens is 255 g/mol. The number of hydrogen-bond acceptors (Lipinski definition) is 2. The summed E-state index contributed by atoms with van der Waals surface area (Å²) < 4.78 is 12.9. The summed E-state index contributed by atoms with van der Waals surface area (Å²) in [6, 6.07) is 8.24. The van der Waals surface area contributed by atoms with Crippen LogP contribution in [0.3, 0.4) is 0 Å². The molecule has 18 heavy (non-hydrogen) atoms. The fourth-order valence-corrected chi connectivity index (χ4v) is 1.59. The van der Waals surface area contributed by atoms with Crippen LogP contribution in [0.4, 0.5) is 10.1 Å². The van der Waals surface area contributed by atoms with E-state index >= 15 is 0 Å². The molecule has 3 nitrogen and oxygen atoms in total. The van der Waals surface area contributed by atoms with E-state index in [1.165, 1.54) is 6.20 Å². The van der Waals surface area contributed by atoms with Crippen LogP contribution >= 0.6 is 11.6 Å². The van der Waals surface area contributed by atoms with Crippen molar-refractivity contribution in [3.63, 3.8) is 0 Å². The van der Waals surface area contributed by atoms with Gasteiger partial charge in [-0.15, -0.1) is 11.6 Å². The Morgan fingerprint density at radius 2 is 2.00 bits per heavy atom. The second-order valence-electron chi connectivity index (χ2n) is 3.68. The Bertz CT molecular complexity index is 557. The van der Waals surface area contributed by atoms with Crippen molar-refractivity contribution in [1.29, 1.82) is 0 Å². The lowest BCUT2D eigenvalue weighted by molar-refractivity contribution is 0.102. The highest BCUT2D eigenvalue weighted by atomic mass is 35.5. The number of rotatable bonds is 3. The van der Waals surface area contributed by atoms with Crippen LogP contribution in [0.2, 0.25) is 0 Å². The molecule has 0 spiro atoms. The summed E-state index contributed by atoms with van der Waals surface area (Å²) in [5.41, 5.74) is 1.76. The molecule has 2 rings (SSSR count). The van der Waals surface area contributed by atoms with E-state index in [0.29, 0.717) is 11.6 Å². The highest BCUT2D eigenvalue weighted by molar-refractivity contribution is 6.17. The first-order chi connectivity index (χ1) is 8.69. The molecule has 2 aromatic rings. The predicted octanol–water partition coefficient (Wildman–Crippen LogP) is 3.21. The third-order valence-corrected chi connectivity index (χ3v) is 2.64. The summed E-state index contributed by atoms with van der Waals surface area (Å²) >= 11 is 5.66. The minimum Gasteiger partial charge on any atom is -0.322 e. The van der Waals surface area contributed by atoms with E-state index in [9.17, 15) is 9.18 Å². The zero-order chi connectivity index (χ0) is 13.0. The van der Waals surface area contributed by atoms with Crippen molar-refractivity contribution >= 4 is 23.2 Å². The van der Waals surface area contributed by atoms with Crippen LogP contribution in [0, 0.1) is 5.82 Å². The number of pyridine rings is 1. The number of carbonyl (C=O) groups excluding carboxylic acids is 1. The molecule has 5 heteroatoms. The minimum absolute atomic E-state index is 0.177. The molecule has 0 bridgehead atoms. The first-order valence-corrected chi connectivity index (χ1v) is 5.79. The number of nitrogens with zero attached hydrogens (tertiary/aromatic N) is 1. The molecule has 0 saturated carbocycles. The number of hydrogen-bond donors (Lipinski definition) is 1. The largest absolute Gasteiger partial charge is 0.322 e. The quantitative estimate of drug-likeness (QED) is 0.865.